The molecular formula is C19H25N3O6S. The van der Waals surface area contributed by atoms with Crippen LogP contribution in [-0.2, 0) is 14.8 Å². The van der Waals surface area contributed by atoms with Crippen molar-refractivity contribution in [2.45, 2.75) is 39.5 Å². The molecule has 0 radical (unpaired) electrons. The number of allylic oxidation sites excluding steroid dienone is 3. The molecule has 0 amide bonds. The molecule has 29 heavy (non-hydrogen) atoms. The molecule has 1 aliphatic rings. The number of nitrogens with zero attached hydrogens (tertiary/aromatic N) is 2. The first-order chi connectivity index (χ1) is 13.5. The second kappa shape index (κ2) is 8.75. The number of dihydropyridines is 1. The van der Waals surface area contributed by atoms with Crippen LogP contribution in [0.2, 0.25) is 0 Å². The molecule has 9 nitrogen and oxygen atoms in total. The molecule has 1 unspecified atom stereocenters. The summed E-state index contributed by atoms with van der Waals surface area (Å²) in [5.74, 6) is -2.45. The lowest BCUT2D eigenvalue weighted by Gasteiger charge is -2.32. The zero-order valence-corrected chi connectivity index (χ0v) is 17.6. The third-order valence-electron chi connectivity index (χ3n) is 4.86. The summed E-state index contributed by atoms with van der Waals surface area (Å²) in [5.41, 5.74) is 0.434. The van der Waals surface area contributed by atoms with Gasteiger partial charge in [0.25, 0.3) is 5.69 Å². The lowest BCUT2D eigenvalue weighted by Crippen LogP contribution is -2.37. The first kappa shape index (κ1) is 22.6. The Labute approximate surface area is 169 Å². The summed E-state index contributed by atoms with van der Waals surface area (Å²) in [4.78, 5) is 22.5. The molecule has 0 aromatic heterocycles. The molecule has 0 spiro atoms. The van der Waals surface area contributed by atoms with Crippen molar-refractivity contribution in [3.63, 3.8) is 0 Å². The molecular weight excluding hydrogens is 398 g/mol. The highest BCUT2D eigenvalue weighted by Crippen LogP contribution is 2.42. The van der Waals surface area contributed by atoms with Gasteiger partial charge in [0, 0.05) is 37.1 Å². The van der Waals surface area contributed by atoms with E-state index in [1.165, 1.54) is 35.6 Å². The van der Waals surface area contributed by atoms with Crippen molar-refractivity contribution >= 4 is 21.7 Å². The molecule has 10 heteroatoms. The molecule has 158 valence electrons. The number of nitro groups is 1. The van der Waals surface area contributed by atoms with Gasteiger partial charge in [-0.2, -0.15) is 0 Å². The first-order valence-corrected chi connectivity index (χ1v) is 10.6. The number of carboxylic acid groups (broad SMARTS) is 1. The fourth-order valence-electron chi connectivity index (χ4n) is 3.41. The van der Waals surface area contributed by atoms with E-state index in [9.17, 15) is 28.4 Å². The highest BCUT2D eigenvalue weighted by molar-refractivity contribution is 7.93. The largest absolute Gasteiger partial charge is 0.478 e. The molecule has 1 heterocycles. The number of hydrogen-bond donors (Lipinski definition) is 2. The van der Waals surface area contributed by atoms with Gasteiger partial charge in [-0.1, -0.05) is 25.5 Å². The van der Waals surface area contributed by atoms with Crippen LogP contribution in [0.15, 0.2) is 46.1 Å². The lowest BCUT2D eigenvalue weighted by atomic mass is 9.86. The topological polar surface area (TPSA) is 130 Å². The molecule has 0 saturated carbocycles. The predicted octanol–water partition coefficient (Wildman–Crippen LogP) is 2.93. The number of nitrogens with one attached hydrogen (secondary N) is 1. The van der Waals surface area contributed by atoms with Crippen LogP contribution in [0, 0.1) is 10.1 Å². The molecule has 1 atom stereocenters. The van der Waals surface area contributed by atoms with Gasteiger partial charge < -0.3 is 10.4 Å². The van der Waals surface area contributed by atoms with E-state index < -0.39 is 26.8 Å². The number of rotatable bonds is 8. The average Bonchev–Trinajstić information content (AvgIpc) is 2.64. The maximum Gasteiger partial charge on any atom is 0.334 e. The van der Waals surface area contributed by atoms with E-state index in [0.717, 1.165) is 6.42 Å². The second-order valence-electron chi connectivity index (χ2n) is 6.92. The Kier molecular flexibility index (Phi) is 6.81. The van der Waals surface area contributed by atoms with Crippen LogP contribution in [0.25, 0.3) is 0 Å². The van der Waals surface area contributed by atoms with Crippen molar-refractivity contribution in [2.24, 2.45) is 0 Å². The molecule has 0 bridgehead atoms. The maximum absolute atomic E-state index is 13.4. The van der Waals surface area contributed by atoms with Gasteiger partial charge in [0.15, 0.2) is 0 Å². The quantitative estimate of drug-likeness (QED) is 0.485. The summed E-state index contributed by atoms with van der Waals surface area (Å²) < 4.78 is 27.9. The monoisotopic (exact) mass is 423 g/mol. The van der Waals surface area contributed by atoms with Crippen LogP contribution in [0.4, 0.5) is 5.69 Å². The minimum absolute atomic E-state index is 0.111. The predicted molar refractivity (Wildman–Crippen MR) is 108 cm³/mol. The Hall–Kier alpha value is -2.72. The molecule has 0 fully saturated rings. The SMILES string of the molecule is CCCCN(C)S(=O)(=O)C1=C(C)NC(C)=C(C(=O)O)C1c1cccc([N+](=O)[O-])c1. The third-order valence-corrected chi connectivity index (χ3v) is 6.96. The summed E-state index contributed by atoms with van der Waals surface area (Å²) in [6.07, 6.45) is 1.45. The molecule has 2 rings (SSSR count). The first-order valence-electron chi connectivity index (χ1n) is 9.14. The Morgan fingerprint density at radius 1 is 1.31 bits per heavy atom. The van der Waals surface area contributed by atoms with Gasteiger partial charge in [0.1, 0.15) is 0 Å². The van der Waals surface area contributed by atoms with Gasteiger partial charge in [-0.25, -0.2) is 17.5 Å². The van der Waals surface area contributed by atoms with Crippen molar-refractivity contribution in [3.8, 4) is 0 Å². The molecule has 2 N–H and O–H groups in total. The van der Waals surface area contributed by atoms with E-state index in [0.29, 0.717) is 17.8 Å². The number of nitro benzene ring substituents is 1. The van der Waals surface area contributed by atoms with E-state index in [1.54, 1.807) is 13.8 Å². The fourth-order valence-corrected chi connectivity index (χ4v) is 5.10. The average molecular weight is 423 g/mol. The zero-order chi connectivity index (χ0) is 21.9. The standard InChI is InChI=1S/C19H25N3O6S/c1-5-6-10-21(4)29(27,28)18-13(3)20-12(2)16(19(23)24)17(18)14-8-7-9-15(11-14)22(25)26/h7-9,11,17,20H,5-6,10H2,1-4H3,(H,23,24). The summed E-state index contributed by atoms with van der Waals surface area (Å²) in [6, 6.07) is 5.43. The Morgan fingerprint density at radius 3 is 2.52 bits per heavy atom. The Morgan fingerprint density at radius 2 is 1.97 bits per heavy atom. The van der Waals surface area contributed by atoms with Crippen LogP contribution < -0.4 is 5.32 Å². The van der Waals surface area contributed by atoms with Crippen molar-refractivity contribution in [2.75, 3.05) is 13.6 Å². The van der Waals surface area contributed by atoms with Gasteiger partial charge in [-0.15, -0.1) is 0 Å². The van der Waals surface area contributed by atoms with Crippen molar-refractivity contribution in [1.82, 2.24) is 9.62 Å². The van der Waals surface area contributed by atoms with E-state index in [4.69, 9.17) is 0 Å². The van der Waals surface area contributed by atoms with E-state index in [1.807, 2.05) is 6.92 Å². The van der Waals surface area contributed by atoms with Crippen LogP contribution in [-0.4, -0.2) is 42.3 Å². The van der Waals surface area contributed by atoms with Crippen molar-refractivity contribution in [3.05, 3.63) is 61.8 Å². The molecule has 0 saturated heterocycles. The summed E-state index contributed by atoms with van der Waals surface area (Å²) in [7, 11) is -2.57. The molecule has 1 aliphatic heterocycles. The number of non-ortho nitro benzene ring substituents is 1. The van der Waals surface area contributed by atoms with Crippen LogP contribution in [0.5, 0.6) is 0 Å². The van der Waals surface area contributed by atoms with Crippen molar-refractivity contribution in [1.29, 1.82) is 0 Å². The van der Waals surface area contributed by atoms with Crippen LogP contribution in [0.3, 0.4) is 0 Å². The minimum atomic E-state index is -4.02. The summed E-state index contributed by atoms with van der Waals surface area (Å²) in [5, 5.41) is 23.9. The zero-order valence-electron chi connectivity index (χ0n) is 16.8. The highest BCUT2D eigenvalue weighted by atomic mass is 32.2. The van der Waals surface area contributed by atoms with Crippen LogP contribution >= 0.6 is 0 Å². The maximum atomic E-state index is 13.4. The third kappa shape index (κ3) is 4.48. The van der Waals surface area contributed by atoms with E-state index in [-0.39, 0.29) is 28.3 Å². The van der Waals surface area contributed by atoms with Gasteiger partial charge in [0.05, 0.1) is 21.3 Å². The number of carbonyl (C=O) groups is 1. The van der Waals surface area contributed by atoms with Crippen molar-refractivity contribution < 1.29 is 23.2 Å². The molecule has 1 aromatic rings. The van der Waals surface area contributed by atoms with E-state index in [2.05, 4.69) is 5.32 Å². The van der Waals surface area contributed by atoms with Crippen LogP contribution in [0.1, 0.15) is 45.1 Å². The normalized spacial score (nSPS) is 17.5. The van der Waals surface area contributed by atoms with Gasteiger partial charge in [0.2, 0.25) is 10.0 Å². The number of hydrogen-bond acceptors (Lipinski definition) is 6. The number of sulfonamides is 1. The van der Waals surface area contributed by atoms with Gasteiger partial charge in [-0.3, -0.25) is 10.1 Å². The summed E-state index contributed by atoms with van der Waals surface area (Å²) in [6.45, 7) is 5.32. The highest BCUT2D eigenvalue weighted by Gasteiger charge is 2.41. The van der Waals surface area contributed by atoms with Gasteiger partial charge in [-0.05, 0) is 25.8 Å². The Bertz CT molecular complexity index is 997. The van der Waals surface area contributed by atoms with E-state index >= 15 is 0 Å². The number of aliphatic carboxylic acids is 1. The number of carboxylic acids is 1. The Balaban J connectivity index is 2.73. The number of benzene rings is 1. The minimum Gasteiger partial charge on any atom is -0.478 e. The second-order valence-corrected chi connectivity index (χ2v) is 8.94. The molecule has 0 aliphatic carbocycles. The fraction of sp³-hybridized carbons (Fsp3) is 0.421. The lowest BCUT2D eigenvalue weighted by molar-refractivity contribution is -0.384. The summed E-state index contributed by atoms with van der Waals surface area (Å²) >= 11 is 0. The smallest absolute Gasteiger partial charge is 0.334 e. The number of unbranched alkanes of at least 4 members (excludes halogenated alkanes) is 1. The van der Waals surface area contributed by atoms with Gasteiger partial charge >= 0.3 is 5.97 Å². The molecule has 1 aromatic carbocycles.